The highest BCUT2D eigenvalue weighted by molar-refractivity contribution is 6.32. The quantitative estimate of drug-likeness (QED) is 0.524. The largest absolute Gasteiger partial charge is 0.385 e. The van der Waals surface area contributed by atoms with Crippen molar-refractivity contribution in [2.24, 2.45) is 0 Å². The zero-order chi connectivity index (χ0) is 19.9. The van der Waals surface area contributed by atoms with E-state index in [1.165, 1.54) is 4.68 Å². The predicted octanol–water partition coefficient (Wildman–Crippen LogP) is 3.93. The standard InChI is InChI=1S/C20H22ClN5O2/c1-28-13-7-12-23-20(27)24-18-17(14-8-3-2-4-9-14)25-26(19(18)22)16-11-6-5-10-15(16)21/h2-6,8-11H,7,12-13,22H2,1H3,(H2,23,24,27). The number of halogens is 1. The first-order valence-corrected chi connectivity index (χ1v) is 9.22. The van der Waals surface area contributed by atoms with Crippen molar-refractivity contribution in [1.29, 1.82) is 0 Å². The Kier molecular flexibility index (Phi) is 6.52. The fourth-order valence-corrected chi connectivity index (χ4v) is 2.95. The highest BCUT2D eigenvalue weighted by atomic mass is 35.5. The highest BCUT2D eigenvalue weighted by Gasteiger charge is 2.21. The number of methoxy groups -OCH3 is 1. The lowest BCUT2D eigenvalue weighted by molar-refractivity contribution is 0.194. The minimum Gasteiger partial charge on any atom is -0.385 e. The molecular formula is C20H22ClN5O2. The maximum absolute atomic E-state index is 12.3. The molecule has 1 aromatic heterocycles. The van der Waals surface area contributed by atoms with Crippen LogP contribution in [0.2, 0.25) is 5.02 Å². The van der Waals surface area contributed by atoms with Gasteiger partial charge in [-0.25, -0.2) is 9.48 Å². The predicted molar refractivity (Wildman–Crippen MR) is 112 cm³/mol. The number of carbonyl (C=O) groups excluding carboxylic acids is 1. The first-order chi connectivity index (χ1) is 13.6. The lowest BCUT2D eigenvalue weighted by Crippen LogP contribution is -2.30. The number of nitrogens with zero attached hydrogens (tertiary/aromatic N) is 2. The average molecular weight is 400 g/mol. The number of ether oxygens (including phenoxy) is 1. The summed E-state index contributed by atoms with van der Waals surface area (Å²) in [5.74, 6) is 0.291. The van der Waals surface area contributed by atoms with E-state index < -0.39 is 0 Å². The smallest absolute Gasteiger partial charge is 0.319 e. The summed E-state index contributed by atoms with van der Waals surface area (Å²) in [7, 11) is 1.62. The van der Waals surface area contributed by atoms with Gasteiger partial charge in [0.2, 0.25) is 0 Å². The number of amides is 2. The van der Waals surface area contributed by atoms with Gasteiger partial charge >= 0.3 is 6.03 Å². The lowest BCUT2D eigenvalue weighted by atomic mass is 10.1. The Morgan fingerprint density at radius 1 is 1.18 bits per heavy atom. The van der Waals surface area contributed by atoms with Crippen LogP contribution in [0.3, 0.4) is 0 Å². The number of anilines is 2. The van der Waals surface area contributed by atoms with Gasteiger partial charge in [0.1, 0.15) is 11.4 Å². The fraction of sp³-hybridized carbons (Fsp3) is 0.200. The molecular weight excluding hydrogens is 378 g/mol. The summed E-state index contributed by atoms with van der Waals surface area (Å²) in [6.45, 7) is 1.06. The molecule has 28 heavy (non-hydrogen) atoms. The molecule has 0 atom stereocenters. The van der Waals surface area contributed by atoms with Gasteiger partial charge in [0.15, 0.2) is 5.82 Å². The number of nitrogens with one attached hydrogen (secondary N) is 2. The molecule has 0 saturated heterocycles. The zero-order valence-corrected chi connectivity index (χ0v) is 16.2. The topological polar surface area (TPSA) is 94.2 Å². The van der Waals surface area contributed by atoms with Gasteiger partial charge in [0.25, 0.3) is 0 Å². The molecule has 2 aromatic carbocycles. The van der Waals surface area contributed by atoms with Crippen LogP contribution in [-0.2, 0) is 4.74 Å². The van der Waals surface area contributed by atoms with E-state index in [0.717, 1.165) is 5.56 Å². The molecule has 0 unspecified atom stereocenters. The Labute approximate surface area is 168 Å². The molecule has 0 aliphatic rings. The highest BCUT2D eigenvalue weighted by Crippen LogP contribution is 2.35. The number of aromatic nitrogens is 2. The van der Waals surface area contributed by atoms with Crippen LogP contribution in [0.25, 0.3) is 16.9 Å². The van der Waals surface area contributed by atoms with Crippen LogP contribution < -0.4 is 16.4 Å². The number of carbonyl (C=O) groups is 1. The Hall–Kier alpha value is -3.03. The molecule has 0 bridgehead atoms. The van der Waals surface area contributed by atoms with Crippen LogP contribution in [0.15, 0.2) is 54.6 Å². The van der Waals surface area contributed by atoms with Crippen LogP contribution in [0.4, 0.5) is 16.3 Å². The van der Waals surface area contributed by atoms with E-state index in [0.29, 0.717) is 47.5 Å². The van der Waals surface area contributed by atoms with E-state index in [1.54, 1.807) is 13.2 Å². The SMILES string of the molecule is COCCCNC(=O)Nc1c(-c2ccccc2)nn(-c2ccccc2Cl)c1N. The monoisotopic (exact) mass is 399 g/mol. The van der Waals surface area contributed by atoms with Crippen LogP contribution in [-0.4, -0.2) is 36.1 Å². The number of benzene rings is 2. The first-order valence-electron chi connectivity index (χ1n) is 8.84. The van der Waals surface area contributed by atoms with Crippen molar-refractivity contribution in [2.75, 3.05) is 31.3 Å². The third-order valence-electron chi connectivity index (χ3n) is 4.10. The summed E-state index contributed by atoms with van der Waals surface area (Å²) in [6.07, 6.45) is 0.712. The molecule has 2 amide bonds. The summed E-state index contributed by atoms with van der Waals surface area (Å²) >= 11 is 6.31. The van der Waals surface area contributed by atoms with E-state index in [9.17, 15) is 4.79 Å². The first kappa shape index (κ1) is 19.7. The van der Waals surface area contributed by atoms with Crippen molar-refractivity contribution in [2.45, 2.75) is 6.42 Å². The van der Waals surface area contributed by atoms with Crippen molar-refractivity contribution in [3.05, 3.63) is 59.6 Å². The molecule has 1 heterocycles. The molecule has 0 fully saturated rings. The van der Waals surface area contributed by atoms with E-state index in [4.69, 9.17) is 22.1 Å². The van der Waals surface area contributed by atoms with Crippen LogP contribution in [0.5, 0.6) is 0 Å². The zero-order valence-electron chi connectivity index (χ0n) is 15.5. The maximum Gasteiger partial charge on any atom is 0.319 e. The molecule has 8 heteroatoms. The summed E-state index contributed by atoms with van der Waals surface area (Å²) in [4.78, 5) is 12.3. The number of para-hydroxylation sites is 1. The Balaban J connectivity index is 1.95. The number of nitrogen functional groups attached to an aromatic ring is 1. The molecule has 3 aromatic rings. The van der Waals surface area contributed by atoms with E-state index in [2.05, 4.69) is 15.7 Å². The number of nitrogens with two attached hydrogens (primary N) is 1. The number of rotatable bonds is 7. The van der Waals surface area contributed by atoms with Crippen LogP contribution in [0.1, 0.15) is 6.42 Å². The molecule has 0 radical (unpaired) electrons. The second kappa shape index (κ2) is 9.25. The van der Waals surface area contributed by atoms with Crippen molar-refractivity contribution >= 4 is 29.1 Å². The van der Waals surface area contributed by atoms with E-state index >= 15 is 0 Å². The van der Waals surface area contributed by atoms with Gasteiger partial charge < -0.3 is 21.1 Å². The summed E-state index contributed by atoms with van der Waals surface area (Å²) in [5.41, 5.74) is 8.79. The van der Waals surface area contributed by atoms with E-state index in [1.807, 2.05) is 48.5 Å². The lowest BCUT2D eigenvalue weighted by Gasteiger charge is -2.09. The Morgan fingerprint density at radius 3 is 2.61 bits per heavy atom. The van der Waals surface area contributed by atoms with Crippen molar-refractivity contribution in [1.82, 2.24) is 15.1 Å². The van der Waals surface area contributed by atoms with Crippen molar-refractivity contribution < 1.29 is 9.53 Å². The number of hydrogen-bond acceptors (Lipinski definition) is 4. The van der Waals surface area contributed by atoms with Crippen LogP contribution >= 0.6 is 11.6 Å². The number of urea groups is 1. The molecule has 3 rings (SSSR count). The molecule has 4 N–H and O–H groups in total. The van der Waals surface area contributed by atoms with Crippen molar-refractivity contribution in [3.8, 4) is 16.9 Å². The summed E-state index contributed by atoms with van der Waals surface area (Å²) in [5, 5.41) is 10.7. The number of hydrogen-bond donors (Lipinski definition) is 3. The van der Waals surface area contributed by atoms with Gasteiger partial charge in [-0.1, -0.05) is 54.1 Å². The third kappa shape index (κ3) is 4.44. The molecule has 0 aliphatic heterocycles. The van der Waals surface area contributed by atoms with Gasteiger partial charge in [0, 0.05) is 25.8 Å². The molecule has 0 aliphatic carbocycles. The van der Waals surface area contributed by atoms with E-state index in [-0.39, 0.29) is 6.03 Å². The maximum atomic E-state index is 12.3. The Bertz CT molecular complexity index is 943. The fourth-order valence-electron chi connectivity index (χ4n) is 2.74. The summed E-state index contributed by atoms with van der Waals surface area (Å²) < 4.78 is 6.52. The van der Waals surface area contributed by atoms with Gasteiger partial charge in [-0.3, -0.25) is 0 Å². The normalized spacial score (nSPS) is 10.6. The van der Waals surface area contributed by atoms with Gasteiger partial charge in [-0.15, -0.1) is 0 Å². The molecule has 0 saturated carbocycles. The van der Waals surface area contributed by atoms with Crippen LogP contribution in [0, 0.1) is 0 Å². The third-order valence-corrected chi connectivity index (χ3v) is 4.42. The van der Waals surface area contributed by atoms with Gasteiger partial charge in [-0.2, -0.15) is 5.10 Å². The van der Waals surface area contributed by atoms with Gasteiger partial charge in [0.05, 0.1) is 10.7 Å². The molecule has 7 nitrogen and oxygen atoms in total. The Morgan fingerprint density at radius 2 is 1.89 bits per heavy atom. The second-order valence-corrected chi connectivity index (χ2v) is 6.47. The summed E-state index contributed by atoms with van der Waals surface area (Å²) in [6, 6.07) is 16.4. The average Bonchev–Trinajstić information content (AvgIpc) is 3.02. The molecule has 0 spiro atoms. The van der Waals surface area contributed by atoms with Gasteiger partial charge in [-0.05, 0) is 18.6 Å². The minimum absolute atomic E-state index is 0.291. The second-order valence-electron chi connectivity index (χ2n) is 6.07. The molecule has 146 valence electrons. The van der Waals surface area contributed by atoms with Crippen molar-refractivity contribution in [3.63, 3.8) is 0 Å². The minimum atomic E-state index is -0.362.